The van der Waals surface area contributed by atoms with E-state index in [2.05, 4.69) is 10.2 Å². The van der Waals surface area contributed by atoms with Crippen molar-refractivity contribution in [2.75, 3.05) is 31.2 Å². The largest absolute Gasteiger partial charge is 0.378 e. The topological polar surface area (TPSA) is 54.5 Å². The van der Waals surface area contributed by atoms with E-state index in [1.807, 2.05) is 11.3 Å². The first-order valence-electron chi connectivity index (χ1n) is 8.91. The fraction of sp³-hybridized carbons (Fsp3) is 0.765. The van der Waals surface area contributed by atoms with Crippen molar-refractivity contribution in [1.29, 1.82) is 0 Å². The molecule has 3 aliphatic rings. The van der Waals surface area contributed by atoms with Crippen molar-refractivity contribution in [3.63, 3.8) is 0 Å². The molecule has 2 heterocycles. The molecule has 1 atom stereocenters. The Kier molecular flexibility index (Phi) is 4.53. The van der Waals surface area contributed by atoms with Crippen molar-refractivity contribution in [2.45, 2.75) is 51.0 Å². The van der Waals surface area contributed by atoms with Crippen LogP contribution in [0.5, 0.6) is 0 Å². The van der Waals surface area contributed by atoms with Gasteiger partial charge in [-0.25, -0.2) is 4.98 Å². The molecule has 1 saturated heterocycles. The SMILES string of the molecule is O=C(NC1CCCC1)C1CCc2sc(N3CCOCC3)nc2C1. The molecule has 2 aliphatic carbocycles. The van der Waals surface area contributed by atoms with Crippen LogP contribution >= 0.6 is 11.3 Å². The Hall–Kier alpha value is -1.14. The van der Waals surface area contributed by atoms with Gasteiger partial charge in [-0.1, -0.05) is 12.8 Å². The number of ether oxygens (including phenoxy) is 1. The van der Waals surface area contributed by atoms with E-state index < -0.39 is 0 Å². The second-order valence-electron chi connectivity index (χ2n) is 6.90. The number of morpholine rings is 1. The zero-order valence-electron chi connectivity index (χ0n) is 13.6. The maximum absolute atomic E-state index is 12.5. The monoisotopic (exact) mass is 335 g/mol. The minimum absolute atomic E-state index is 0.114. The quantitative estimate of drug-likeness (QED) is 0.919. The van der Waals surface area contributed by atoms with Gasteiger partial charge in [0.1, 0.15) is 0 Å². The van der Waals surface area contributed by atoms with Gasteiger partial charge in [0.15, 0.2) is 5.13 Å². The van der Waals surface area contributed by atoms with Crippen LogP contribution in [0.2, 0.25) is 0 Å². The zero-order chi connectivity index (χ0) is 15.6. The molecule has 0 bridgehead atoms. The lowest BCUT2D eigenvalue weighted by Crippen LogP contribution is -2.39. The average Bonchev–Trinajstić information content (AvgIpc) is 3.24. The Morgan fingerprint density at radius 3 is 2.78 bits per heavy atom. The van der Waals surface area contributed by atoms with Gasteiger partial charge in [0.2, 0.25) is 5.91 Å². The number of rotatable bonds is 3. The van der Waals surface area contributed by atoms with Gasteiger partial charge in [0.05, 0.1) is 18.9 Å². The molecule has 1 aromatic heterocycles. The van der Waals surface area contributed by atoms with Gasteiger partial charge >= 0.3 is 0 Å². The summed E-state index contributed by atoms with van der Waals surface area (Å²) in [5, 5.41) is 4.38. The van der Waals surface area contributed by atoms with E-state index in [-0.39, 0.29) is 11.8 Å². The molecular weight excluding hydrogens is 310 g/mol. The molecule has 1 N–H and O–H groups in total. The Morgan fingerprint density at radius 2 is 2.00 bits per heavy atom. The summed E-state index contributed by atoms with van der Waals surface area (Å²) in [7, 11) is 0. The van der Waals surface area contributed by atoms with E-state index >= 15 is 0 Å². The molecule has 1 amide bonds. The Bertz CT molecular complexity index is 562. The van der Waals surface area contributed by atoms with Crippen molar-refractivity contribution in [1.82, 2.24) is 10.3 Å². The minimum Gasteiger partial charge on any atom is -0.378 e. The van der Waals surface area contributed by atoms with Gasteiger partial charge in [-0.15, -0.1) is 11.3 Å². The summed E-state index contributed by atoms with van der Waals surface area (Å²) in [6, 6.07) is 0.420. The summed E-state index contributed by atoms with van der Waals surface area (Å²) in [6.45, 7) is 3.43. The van der Waals surface area contributed by atoms with Gasteiger partial charge in [0.25, 0.3) is 0 Å². The average molecular weight is 335 g/mol. The third-order valence-electron chi connectivity index (χ3n) is 5.28. The molecule has 0 aromatic carbocycles. The number of fused-ring (bicyclic) bond motifs is 1. The lowest BCUT2D eigenvalue weighted by Gasteiger charge is -2.26. The van der Waals surface area contributed by atoms with E-state index in [1.54, 1.807) is 0 Å². The molecule has 5 nitrogen and oxygen atoms in total. The lowest BCUT2D eigenvalue weighted by atomic mass is 9.90. The van der Waals surface area contributed by atoms with E-state index in [4.69, 9.17) is 9.72 Å². The fourth-order valence-corrected chi connectivity index (χ4v) is 5.02. The molecular formula is C17H25N3O2S. The lowest BCUT2D eigenvalue weighted by molar-refractivity contribution is -0.126. The summed E-state index contributed by atoms with van der Waals surface area (Å²) in [6.07, 6.45) is 7.61. The molecule has 0 radical (unpaired) electrons. The maximum Gasteiger partial charge on any atom is 0.223 e. The summed E-state index contributed by atoms with van der Waals surface area (Å²) < 4.78 is 5.42. The third-order valence-corrected chi connectivity index (χ3v) is 6.50. The number of hydrogen-bond donors (Lipinski definition) is 1. The van der Waals surface area contributed by atoms with Crippen molar-refractivity contribution in [3.05, 3.63) is 10.6 Å². The van der Waals surface area contributed by atoms with Crippen LogP contribution in [0.25, 0.3) is 0 Å². The second-order valence-corrected chi connectivity index (χ2v) is 7.96. The molecule has 23 heavy (non-hydrogen) atoms. The molecule has 1 saturated carbocycles. The number of nitrogens with zero attached hydrogens (tertiary/aromatic N) is 2. The Morgan fingerprint density at radius 1 is 1.22 bits per heavy atom. The first-order valence-corrected chi connectivity index (χ1v) is 9.73. The first kappa shape index (κ1) is 15.4. The number of carbonyl (C=O) groups is 1. The standard InChI is InChI=1S/C17H25N3O2S/c21-16(18-13-3-1-2-4-13)12-5-6-15-14(11-12)19-17(23-15)20-7-9-22-10-8-20/h12-13H,1-11H2,(H,18,21). The molecule has 1 unspecified atom stereocenters. The fourth-order valence-electron chi connectivity index (χ4n) is 3.87. The van der Waals surface area contributed by atoms with Crippen LogP contribution in [0.1, 0.15) is 42.7 Å². The van der Waals surface area contributed by atoms with Crippen molar-refractivity contribution in [3.8, 4) is 0 Å². The van der Waals surface area contributed by atoms with Gasteiger partial charge < -0.3 is 15.0 Å². The minimum atomic E-state index is 0.114. The second kappa shape index (κ2) is 6.77. The molecule has 2 fully saturated rings. The normalized spacial score (nSPS) is 25.4. The third kappa shape index (κ3) is 3.38. The number of anilines is 1. The molecule has 1 aromatic rings. The van der Waals surface area contributed by atoms with Crippen LogP contribution in [0.3, 0.4) is 0 Å². The first-order chi connectivity index (χ1) is 11.3. The van der Waals surface area contributed by atoms with Crippen molar-refractivity contribution in [2.24, 2.45) is 5.92 Å². The highest BCUT2D eigenvalue weighted by Crippen LogP contribution is 2.34. The number of aromatic nitrogens is 1. The van der Waals surface area contributed by atoms with Crippen molar-refractivity contribution >= 4 is 22.4 Å². The van der Waals surface area contributed by atoms with E-state index in [0.717, 1.165) is 69.2 Å². The number of carbonyl (C=O) groups excluding carboxylic acids is 1. The summed E-state index contributed by atoms with van der Waals surface area (Å²) >= 11 is 1.82. The molecule has 126 valence electrons. The number of nitrogens with one attached hydrogen (secondary N) is 1. The number of hydrogen-bond acceptors (Lipinski definition) is 5. The predicted molar refractivity (Wildman–Crippen MR) is 91.1 cm³/mol. The summed E-state index contributed by atoms with van der Waals surface area (Å²) in [4.78, 5) is 21.1. The van der Waals surface area contributed by atoms with Crippen LogP contribution in [0.4, 0.5) is 5.13 Å². The van der Waals surface area contributed by atoms with Gasteiger partial charge in [-0.2, -0.15) is 0 Å². The van der Waals surface area contributed by atoms with E-state index in [1.165, 1.54) is 17.7 Å². The smallest absolute Gasteiger partial charge is 0.223 e. The highest BCUT2D eigenvalue weighted by Gasteiger charge is 2.30. The van der Waals surface area contributed by atoms with Gasteiger partial charge in [0, 0.05) is 36.3 Å². The highest BCUT2D eigenvalue weighted by molar-refractivity contribution is 7.15. The molecule has 6 heteroatoms. The highest BCUT2D eigenvalue weighted by atomic mass is 32.1. The number of amides is 1. The number of aryl methyl sites for hydroxylation is 1. The zero-order valence-corrected chi connectivity index (χ0v) is 14.4. The van der Waals surface area contributed by atoms with Gasteiger partial charge in [-0.05, 0) is 25.7 Å². The summed E-state index contributed by atoms with van der Waals surface area (Å²) in [5.41, 5.74) is 1.16. The Labute approximate surface area is 141 Å². The van der Waals surface area contributed by atoms with Crippen LogP contribution in [-0.2, 0) is 22.4 Å². The summed E-state index contributed by atoms with van der Waals surface area (Å²) in [5.74, 6) is 0.367. The number of thiazole rings is 1. The predicted octanol–water partition coefficient (Wildman–Crippen LogP) is 2.14. The molecule has 0 spiro atoms. The molecule has 4 rings (SSSR count). The maximum atomic E-state index is 12.5. The van der Waals surface area contributed by atoms with Crippen LogP contribution in [0, 0.1) is 5.92 Å². The van der Waals surface area contributed by atoms with Crippen LogP contribution in [0.15, 0.2) is 0 Å². The van der Waals surface area contributed by atoms with Crippen molar-refractivity contribution < 1.29 is 9.53 Å². The van der Waals surface area contributed by atoms with E-state index in [0.29, 0.717) is 6.04 Å². The Balaban J connectivity index is 1.40. The van der Waals surface area contributed by atoms with Crippen LogP contribution < -0.4 is 10.2 Å². The van der Waals surface area contributed by atoms with Crippen LogP contribution in [-0.4, -0.2) is 43.2 Å². The van der Waals surface area contributed by atoms with E-state index in [9.17, 15) is 4.79 Å². The molecule has 1 aliphatic heterocycles. The van der Waals surface area contributed by atoms with Gasteiger partial charge in [-0.3, -0.25) is 4.79 Å².